The Morgan fingerprint density at radius 2 is 2.21 bits per heavy atom. The topological polar surface area (TPSA) is 58.4 Å². The Labute approximate surface area is 81.9 Å². The maximum absolute atomic E-state index is 10.9. The summed E-state index contributed by atoms with van der Waals surface area (Å²) in [5.41, 5.74) is 2.13. The first-order valence-corrected chi connectivity index (χ1v) is 4.56. The van der Waals surface area contributed by atoms with Crippen LogP contribution in [0, 0.1) is 0 Å². The van der Waals surface area contributed by atoms with Crippen molar-refractivity contribution >= 4 is 5.97 Å². The number of aromatic carboxylic acids is 1. The minimum absolute atomic E-state index is 0.203. The van der Waals surface area contributed by atoms with E-state index in [4.69, 9.17) is 5.11 Å². The van der Waals surface area contributed by atoms with Crippen LogP contribution in [0.25, 0.3) is 0 Å². The minimum atomic E-state index is -0.933. The van der Waals surface area contributed by atoms with Gasteiger partial charge in [-0.05, 0) is 7.05 Å². The number of aromatic nitrogens is 2. The van der Waals surface area contributed by atoms with E-state index in [0.29, 0.717) is 6.54 Å². The smallest absolute Gasteiger partial charge is 0.356 e. The number of hydrogen-bond acceptors (Lipinski definition) is 3. The summed E-state index contributed by atoms with van der Waals surface area (Å²) < 4.78 is 1.69. The summed E-state index contributed by atoms with van der Waals surface area (Å²) in [4.78, 5) is 13.0. The number of fused-ring (bicyclic) bond motifs is 1. The van der Waals surface area contributed by atoms with E-state index in [9.17, 15) is 4.79 Å². The van der Waals surface area contributed by atoms with Crippen LogP contribution < -0.4 is 0 Å². The molecule has 0 amide bonds. The van der Waals surface area contributed by atoms with Crippen molar-refractivity contribution in [2.24, 2.45) is 7.05 Å². The Bertz CT molecular complexity index is 384. The molecule has 0 aromatic carbocycles. The van der Waals surface area contributed by atoms with Gasteiger partial charge in [-0.15, -0.1) is 0 Å². The van der Waals surface area contributed by atoms with Gasteiger partial charge >= 0.3 is 5.97 Å². The quantitative estimate of drug-likeness (QED) is 0.690. The number of carboxylic acid groups (broad SMARTS) is 1. The summed E-state index contributed by atoms with van der Waals surface area (Å²) in [6, 6.07) is 0. The van der Waals surface area contributed by atoms with E-state index in [2.05, 4.69) is 10.00 Å². The summed E-state index contributed by atoms with van der Waals surface area (Å²) >= 11 is 0. The van der Waals surface area contributed by atoms with E-state index >= 15 is 0 Å². The highest BCUT2D eigenvalue weighted by Crippen LogP contribution is 2.20. The number of carbonyl (C=O) groups is 1. The number of hydrogen-bond donors (Lipinski definition) is 1. The van der Waals surface area contributed by atoms with Crippen LogP contribution in [0.3, 0.4) is 0 Å². The molecule has 0 radical (unpaired) electrons. The van der Waals surface area contributed by atoms with Crippen molar-refractivity contribution in [1.29, 1.82) is 0 Å². The Morgan fingerprint density at radius 3 is 2.86 bits per heavy atom. The van der Waals surface area contributed by atoms with E-state index in [1.165, 1.54) is 0 Å². The molecule has 5 nitrogen and oxygen atoms in total. The van der Waals surface area contributed by atoms with Crippen LogP contribution in [-0.4, -0.2) is 39.3 Å². The Kier molecular flexibility index (Phi) is 2.03. The molecule has 1 aromatic rings. The van der Waals surface area contributed by atoms with Gasteiger partial charge in [-0.1, -0.05) is 0 Å². The highest BCUT2D eigenvalue weighted by atomic mass is 16.4. The lowest BCUT2D eigenvalue weighted by Crippen LogP contribution is -2.27. The van der Waals surface area contributed by atoms with E-state index in [-0.39, 0.29) is 5.69 Å². The summed E-state index contributed by atoms with van der Waals surface area (Å²) in [6.07, 6.45) is 0.878. The molecule has 2 rings (SSSR count). The van der Waals surface area contributed by atoms with E-state index in [0.717, 1.165) is 24.2 Å². The van der Waals surface area contributed by atoms with Gasteiger partial charge in [-0.2, -0.15) is 5.10 Å². The fourth-order valence-electron chi connectivity index (χ4n) is 1.90. The molecule has 1 N–H and O–H groups in total. The van der Waals surface area contributed by atoms with Gasteiger partial charge in [0.05, 0.1) is 0 Å². The average molecular weight is 195 g/mol. The zero-order chi connectivity index (χ0) is 10.3. The number of aryl methyl sites for hydroxylation is 1. The monoisotopic (exact) mass is 195 g/mol. The van der Waals surface area contributed by atoms with Gasteiger partial charge in [0.25, 0.3) is 0 Å². The van der Waals surface area contributed by atoms with Crippen LogP contribution in [0.15, 0.2) is 0 Å². The summed E-state index contributed by atoms with van der Waals surface area (Å²) in [5.74, 6) is -0.933. The molecule has 5 heteroatoms. The largest absolute Gasteiger partial charge is 0.476 e. The molecule has 0 unspecified atom stereocenters. The molecular weight excluding hydrogens is 182 g/mol. The molecule has 0 aliphatic carbocycles. The van der Waals surface area contributed by atoms with Crippen molar-refractivity contribution in [3.05, 3.63) is 17.0 Å². The second-order valence-electron chi connectivity index (χ2n) is 3.69. The normalized spacial score (nSPS) is 16.7. The molecular formula is C9H13N3O2. The van der Waals surface area contributed by atoms with Crippen LogP contribution >= 0.6 is 0 Å². The highest BCUT2D eigenvalue weighted by molar-refractivity contribution is 5.87. The van der Waals surface area contributed by atoms with Gasteiger partial charge in [-0.25, -0.2) is 4.79 Å². The second-order valence-corrected chi connectivity index (χ2v) is 3.69. The van der Waals surface area contributed by atoms with Crippen molar-refractivity contribution in [2.75, 3.05) is 13.6 Å². The fourth-order valence-corrected chi connectivity index (χ4v) is 1.90. The van der Waals surface area contributed by atoms with Gasteiger partial charge in [0.15, 0.2) is 5.69 Å². The number of carboxylic acids is 1. The molecule has 1 aliphatic rings. The first kappa shape index (κ1) is 9.21. The fraction of sp³-hybridized carbons (Fsp3) is 0.556. The van der Waals surface area contributed by atoms with Crippen LogP contribution in [0.5, 0.6) is 0 Å². The van der Waals surface area contributed by atoms with Gasteiger partial charge in [0.2, 0.25) is 0 Å². The lowest BCUT2D eigenvalue weighted by Gasteiger charge is -2.22. The maximum atomic E-state index is 10.9. The molecule has 1 aliphatic heterocycles. The molecule has 0 atom stereocenters. The molecule has 1 aromatic heterocycles. The van der Waals surface area contributed by atoms with Crippen molar-refractivity contribution in [1.82, 2.24) is 14.7 Å². The van der Waals surface area contributed by atoms with Crippen molar-refractivity contribution in [3.8, 4) is 0 Å². The predicted molar refractivity (Wildman–Crippen MR) is 50.2 cm³/mol. The summed E-state index contributed by atoms with van der Waals surface area (Å²) in [5, 5.41) is 13.0. The first-order chi connectivity index (χ1) is 6.59. The molecule has 14 heavy (non-hydrogen) atoms. The van der Waals surface area contributed by atoms with Crippen LogP contribution in [0.1, 0.15) is 21.7 Å². The average Bonchev–Trinajstić information content (AvgIpc) is 2.43. The molecule has 2 heterocycles. The molecule has 0 spiro atoms. The third-order valence-electron chi connectivity index (χ3n) is 2.64. The molecule has 0 fully saturated rings. The zero-order valence-electron chi connectivity index (χ0n) is 8.32. The van der Waals surface area contributed by atoms with E-state index < -0.39 is 5.97 Å². The Morgan fingerprint density at radius 1 is 1.50 bits per heavy atom. The lowest BCUT2D eigenvalue weighted by atomic mass is 10.1. The standard InChI is InChI=1S/C9H13N3O2/c1-11-4-3-7-6(5-11)8(9(13)14)10-12(7)2/h3-5H2,1-2H3,(H,13,14). The molecule has 0 bridgehead atoms. The van der Waals surface area contributed by atoms with Crippen LogP contribution in [0.2, 0.25) is 0 Å². The number of rotatable bonds is 1. The highest BCUT2D eigenvalue weighted by Gasteiger charge is 2.25. The number of nitrogens with zero attached hydrogens (tertiary/aromatic N) is 3. The van der Waals surface area contributed by atoms with Crippen molar-refractivity contribution in [2.45, 2.75) is 13.0 Å². The zero-order valence-corrected chi connectivity index (χ0v) is 8.32. The minimum Gasteiger partial charge on any atom is -0.476 e. The van der Waals surface area contributed by atoms with Crippen LogP contribution in [-0.2, 0) is 20.0 Å². The molecule has 76 valence electrons. The Hall–Kier alpha value is -1.36. The van der Waals surface area contributed by atoms with Crippen molar-refractivity contribution in [3.63, 3.8) is 0 Å². The summed E-state index contributed by atoms with van der Waals surface area (Å²) in [6.45, 7) is 1.65. The molecule has 0 saturated heterocycles. The van der Waals surface area contributed by atoms with Gasteiger partial charge in [-0.3, -0.25) is 4.68 Å². The van der Waals surface area contributed by atoms with Gasteiger partial charge in [0, 0.05) is 37.8 Å². The van der Waals surface area contributed by atoms with Crippen molar-refractivity contribution < 1.29 is 9.90 Å². The Balaban J connectivity index is 2.50. The second kappa shape index (κ2) is 3.09. The maximum Gasteiger partial charge on any atom is 0.356 e. The van der Waals surface area contributed by atoms with E-state index in [1.807, 2.05) is 7.05 Å². The first-order valence-electron chi connectivity index (χ1n) is 4.56. The SMILES string of the molecule is CN1CCc2c(c(C(=O)O)nn2C)C1. The lowest BCUT2D eigenvalue weighted by molar-refractivity contribution is 0.0687. The number of likely N-dealkylation sites (N-methyl/N-ethyl adjacent to an activating group) is 1. The molecule has 0 saturated carbocycles. The van der Waals surface area contributed by atoms with Gasteiger partial charge < -0.3 is 10.0 Å². The van der Waals surface area contributed by atoms with E-state index in [1.54, 1.807) is 11.7 Å². The third-order valence-corrected chi connectivity index (χ3v) is 2.64. The third kappa shape index (κ3) is 1.29. The van der Waals surface area contributed by atoms with Gasteiger partial charge in [0.1, 0.15) is 0 Å². The summed E-state index contributed by atoms with van der Waals surface area (Å²) in [7, 11) is 3.79. The predicted octanol–water partition coefficient (Wildman–Crippen LogP) is 0.106. The van der Waals surface area contributed by atoms with Crippen LogP contribution in [0.4, 0.5) is 0 Å².